The number of carbonyl (C=O) groups excluding carboxylic acids is 1. The van der Waals surface area contributed by atoms with E-state index in [4.69, 9.17) is 26.3 Å². The average molecular weight is 514 g/mol. The van der Waals surface area contributed by atoms with Crippen molar-refractivity contribution in [2.24, 2.45) is 0 Å². The largest absolute Gasteiger partial charge is 0.487 e. The lowest BCUT2D eigenvalue weighted by atomic mass is 9.96. The molecule has 192 valence electrons. The van der Waals surface area contributed by atoms with Gasteiger partial charge in [-0.25, -0.2) is 9.18 Å². The quantitative estimate of drug-likeness (QED) is 0.528. The Bertz CT molecular complexity index is 1130. The first-order valence-electron chi connectivity index (χ1n) is 12.5. The Morgan fingerprint density at radius 1 is 1.22 bits per heavy atom. The normalized spacial score (nSPS) is 24.7. The first kappa shape index (κ1) is 26.2. The number of piperidine rings is 1. The third-order valence-electron chi connectivity index (χ3n) is 6.77. The van der Waals surface area contributed by atoms with Crippen LogP contribution in [0.25, 0.3) is 0 Å². The Kier molecular flexibility index (Phi) is 8.07. The molecule has 3 unspecified atom stereocenters. The predicted molar refractivity (Wildman–Crippen MR) is 137 cm³/mol. The number of nitrogens with zero attached hydrogens (tertiary/aromatic N) is 2. The number of alkyl carbamates (subject to hydrolysis) is 1. The van der Waals surface area contributed by atoms with Crippen molar-refractivity contribution in [1.29, 1.82) is 5.26 Å². The molecule has 36 heavy (non-hydrogen) atoms. The van der Waals surface area contributed by atoms with Crippen LogP contribution in [-0.4, -0.2) is 47.9 Å². The van der Waals surface area contributed by atoms with Crippen molar-refractivity contribution in [2.75, 3.05) is 13.1 Å². The Morgan fingerprint density at radius 3 is 2.72 bits per heavy atom. The highest BCUT2D eigenvalue weighted by Gasteiger charge is 2.42. The fourth-order valence-electron chi connectivity index (χ4n) is 5.25. The third-order valence-corrected chi connectivity index (χ3v) is 7.07. The fraction of sp³-hybridized carbons (Fsp3) is 0.500. The highest BCUT2D eigenvalue weighted by atomic mass is 35.5. The van der Waals surface area contributed by atoms with Crippen LogP contribution < -0.4 is 10.1 Å². The standard InChI is InChI=1S/C28H33ClFN3O3/c1-28(2,3)36-27(34)32-22-8-5-11-33(17-22)24-14-20(19-6-4-7-21(30)13-19)15-26(24)35-25-10-9-18(16-31)12-23(25)29/h4,6-7,9-10,12-13,20,22,24,26H,5,8,11,14-15,17H2,1-3H3,(H,32,34)/t20?,22-,24?,26?/m1/s1. The number of nitrogens with one attached hydrogen (secondary N) is 1. The van der Waals surface area contributed by atoms with E-state index < -0.39 is 11.7 Å². The van der Waals surface area contributed by atoms with Crippen molar-refractivity contribution in [3.63, 3.8) is 0 Å². The summed E-state index contributed by atoms with van der Waals surface area (Å²) in [6, 6.07) is 13.9. The molecule has 0 radical (unpaired) electrons. The minimum absolute atomic E-state index is 0.0269. The maximum atomic E-state index is 14.0. The van der Waals surface area contributed by atoms with Gasteiger partial charge in [-0.05, 0) is 94.8 Å². The fourth-order valence-corrected chi connectivity index (χ4v) is 5.47. The number of amides is 1. The summed E-state index contributed by atoms with van der Waals surface area (Å²) in [7, 11) is 0. The summed E-state index contributed by atoms with van der Waals surface area (Å²) < 4.78 is 25.9. The number of nitriles is 1. The Hall–Kier alpha value is -2.82. The Labute approximate surface area is 217 Å². The van der Waals surface area contributed by atoms with Gasteiger partial charge in [0.2, 0.25) is 0 Å². The zero-order chi connectivity index (χ0) is 25.9. The SMILES string of the molecule is CC(C)(C)OC(=O)N[C@@H]1CCCN(C2CC(c3cccc(F)c3)CC2Oc2ccc(C#N)cc2Cl)C1. The van der Waals surface area contributed by atoms with Crippen LogP contribution in [0.3, 0.4) is 0 Å². The van der Waals surface area contributed by atoms with E-state index in [2.05, 4.69) is 16.3 Å². The van der Waals surface area contributed by atoms with Crippen LogP contribution in [0.2, 0.25) is 5.02 Å². The average Bonchev–Trinajstić information content (AvgIpc) is 3.23. The zero-order valence-electron chi connectivity index (χ0n) is 21.0. The van der Waals surface area contributed by atoms with Gasteiger partial charge in [0.05, 0.1) is 16.7 Å². The van der Waals surface area contributed by atoms with Crippen LogP contribution >= 0.6 is 11.6 Å². The molecular weight excluding hydrogens is 481 g/mol. The van der Waals surface area contributed by atoms with E-state index in [-0.39, 0.29) is 29.9 Å². The molecule has 2 fully saturated rings. The molecule has 4 atom stereocenters. The summed E-state index contributed by atoms with van der Waals surface area (Å²) in [5.74, 6) is 0.418. The molecule has 1 N–H and O–H groups in total. The lowest BCUT2D eigenvalue weighted by Crippen LogP contribution is -2.54. The van der Waals surface area contributed by atoms with Gasteiger partial charge >= 0.3 is 6.09 Å². The second kappa shape index (κ2) is 11.1. The molecule has 4 rings (SSSR count). The summed E-state index contributed by atoms with van der Waals surface area (Å²) in [6.45, 7) is 7.11. The Morgan fingerprint density at radius 2 is 2.03 bits per heavy atom. The van der Waals surface area contributed by atoms with Gasteiger partial charge in [0, 0.05) is 18.6 Å². The Balaban J connectivity index is 1.52. The molecule has 1 amide bonds. The van der Waals surface area contributed by atoms with E-state index in [0.717, 1.165) is 31.4 Å². The number of halogens is 2. The molecule has 8 heteroatoms. The molecule has 2 aromatic rings. The summed E-state index contributed by atoms with van der Waals surface area (Å²) in [5.41, 5.74) is 0.874. The topological polar surface area (TPSA) is 74.6 Å². The third kappa shape index (κ3) is 6.68. The van der Waals surface area contributed by atoms with Gasteiger partial charge in [-0.15, -0.1) is 0 Å². The van der Waals surface area contributed by atoms with Crippen molar-refractivity contribution in [3.05, 3.63) is 64.4 Å². The molecular formula is C28H33ClFN3O3. The lowest BCUT2D eigenvalue weighted by molar-refractivity contribution is 0.0389. The van der Waals surface area contributed by atoms with Gasteiger partial charge in [0.25, 0.3) is 0 Å². The second-order valence-corrected chi connectivity index (χ2v) is 11.1. The minimum Gasteiger partial charge on any atom is -0.487 e. The molecule has 1 saturated carbocycles. The number of likely N-dealkylation sites (tertiary alicyclic amines) is 1. The van der Waals surface area contributed by atoms with Gasteiger partial charge in [-0.2, -0.15) is 5.26 Å². The minimum atomic E-state index is -0.554. The monoisotopic (exact) mass is 513 g/mol. The van der Waals surface area contributed by atoms with Crippen molar-refractivity contribution in [1.82, 2.24) is 10.2 Å². The van der Waals surface area contributed by atoms with E-state index in [1.807, 2.05) is 26.8 Å². The summed E-state index contributed by atoms with van der Waals surface area (Å²) >= 11 is 6.43. The predicted octanol–water partition coefficient (Wildman–Crippen LogP) is 6.03. The maximum Gasteiger partial charge on any atom is 0.407 e. The van der Waals surface area contributed by atoms with Crippen molar-refractivity contribution in [3.8, 4) is 11.8 Å². The molecule has 2 aliphatic rings. The number of hydrogen-bond donors (Lipinski definition) is 1. The highest BCUT2D eigenvalue weighted by Crippen LogP contribution is 2.41. The van der Waals surface area contributed by atoms with E-state index in [1.165, 1.54) is 6.07 Å². The maximum absolute atomic E-state index is 14.0. The first-order valence-corrected chi connectivity index (χ1v) is 12.8. The van der Waals surface area contributed by atoms with E-state index in [0.29, 0.717) is 29.3 Å². The van der Waals surface area contributed by atoms with E-state index in [1.54, 1.807) is 30.3 Å². The smallest absolute Gasteiger partial charge is 0.407 e. The summed E-state index contributed by atoms with van der Waals surface area (Å²) in [4.78, 5) is 14.7. The summed E-state index contributed by atoms with van der Waals surface area (Å²) in [6.07, 6.45) is 2.75. The van der Waals surface area contributed by atoms with Crippen LogP contribution in [0.5, 0.6) is 5.75 Å². The van der Waals surface area contributed by atoms with Gasteiger partial charge in [0.1, 0.15) is 23.3 Å². The van der Waals surface area contributed by atoms with Crippen LogP contribution in [0.15, 0.2) is 42.5 Å². The molecule has 2 aromatic carbocycles. The molecule has 1 aliphatic heterocycles. The van der Waals surface area contributed by atoms with Crippen molar-refractivity contribution < 1.29 is 18.7 Å². The number of rotatable bonds is 5. The number of hydrogen-bond acceptors (Lipinski definition) is 5. The second-order valence-electron chi connectivity index (χ2n) is 10.7. The molecule has 6 nitrogen and oxygen atoms in total. The van der Waals surface area contributed by atoms with Gasteiger partial charge in [-0.3, -0.25) is 4.90 Å². The van der Waals surface area contributed by atoms with Crippen LogP contribution in [0.1, 0.15) is 63.5 Å². The highest BCUT2D eigenvalue weighted by molar-refractivity contribution is 6.32. The van der Waals surface area contributed by atoms with Gasteiger partial charge < -0.3 is 14.8 Å². The molecule has 0 bridgehead atoms. The molecule has 0 aromatic heterocycles. The van der Waals surface area contributed by atoms with Crippen LogP contribution in [-0.2, 0) is 4.74 Å². The number of benzene rings is 2. The van der Waals surface area contributed by atoms with E-state index in [9.17, 15) is 9.18 Å². The number of carbonyl (C=O) groups is 1. The van der Waals surface area contributed by atoms with Crippen LogP contribution in [0.4, 0.5) is 9.18 Å². The lowest BCUT2D eigenvalue weighted by Gasteiger charge is -2.39. The first-order chi connectivity index (χ1) is 17.1. The summed E-state index contributed by atoms with van der Waals surface area (Å²) in [5, 5.41) is 12.6. The zero-order valence-corrected chi connectivity index (χ0v) is 21.7. The number of ether oxygens (including phenoxy) is 2. The van der Waals surface area contributed by atoms with Gasteiger partial charge in [0.15, 0.2) is 0 Å². The van der Waals surface area contributed by atoms with Crippen molar-refractivity contribution in [2.45, 2.75) is 76.2 Å². The molecule has 1 saturated heterocycles. The molecule has 1 aliphatic carbocycles. The molecule has 1 heterocycles. The molecule has 0 spiro atoms. The van der Waals surface area contributed by atoms with Crippen molar-refractivity contribution >= 4 is 17.7 Å². The van der Waals surface area contributed by atoms with Gasteiger partial charge in [-0.1, -0.05) is 23.7 Å². The van der Waals surface area contributed by atoms with E-state index >= 15 is 0 Å². The van der Waals surface area contributed by atoms with Crippen LogP contribution in [0, 0.1) is 17.1 Å².